The summed E-state index contributed by atoms with van der Waals surface area (Å²) in [6.07, 6.45) is 2.02. The van der Waals surface area contributed by atoms with E-state index in [1.54, 1.807) is 12.1 Å². The Hall–Kier alpha value is -0.970. The van der Waals surface area contributed by atoms with Crippen molar-refractivity contribution in [3.63, 3.8) is 0 Å². The van der Waals surface area contributed by atoms with Crippen molar-refractivity contribution in [3.05, 3.63) is 35.6 Å². The lowest BCUT2D eigenvalue weighted by atomic mass is 10.1. The average Bonchev–Trinajstić information content (AvgIpc) is 3.18. The SMILES string of the molecule is CCNC(=NCC(c1cccc(F)c1)N(C)C)NCCCOCC1CCOC1.I. The van der Waals surface area contributed by atoms with Crippen LogP contribution >= 0.6 is 24.0 Å². The van der Waals surface area contributed by atoms with Gasteiger partial charge in [0.2, 0.25) is 0 Å². The Kier molecular flexibility index (Phi) is 13.4. The minimum atomic E-state index is -0.220. The quantitative estimate of drug-likeness (QED) is 0.203. The van der Waals surface area contributed by atoms with Crippen LogP contribution in [0.25, 0.3) is 0 Å². The Bertz CT molecular complexity index is 598. The molecular formula is C21H36FIN4O2. The third-order valence-electron chi connectivity index (χ3n) is 4.76. The Morgan fingerprint density at radius 3 is 2.86 bits per heavy atom. The van der Waals surface area contributed by atoms with E-state index in [1.807, 2.05) is 27.1 Å². The first kappa shape index (κ1) is 26.1. The lowest BCUT2D eigenvalue weighted by molar-refractivity contribution is 0.0888. The number of aliphatic imine (C=N–C) groups is 1. The van der Waals surface area contributed by atoms with Gasteiger partial charge in [0, 0.05) is 32.2 Å². The van der Waals surface area contributed by atoms with Crippen LogP contribution in [0.1, 0.15) is 31.4 Å². The summed E-state index contributed by atoms with van der Waals surface area (Å²) in [4.78, 5) is 6.75. The molecule has 1 fully saturated rings. The smallest absolute Gasteiger partial charge is 0.191 e. The van der Waals surface area contributed by atoms with Crippen LogP contribution in [-0.4, -0.2) is 71.0 Å². The minimum absolute atomic E-state index is 0. The van der Waals surface area contributed by atoms with Gasteiger partial charge in [-0.05, 0) is 51.6 Å². The van der Waals surface area contributed by atoms with E-state index in [9.17, 15) is 4.39 Å². The molecule has 2 rings (SSSR count). The standard InChI is InChI=1S/C21H35FN4O2.HI/c1-4-23-21(24-10-6-11-27-15-17-9-12-28-16-17)25-14-20(26(2)3)18-7-5-8-19(22)13-18;/h5,7-8,13,17,20H,4,6,9-12,14-16H2,1-3H3,(H2,23,24,25);1H. The van der Waals surface area contributed by atoms with Crippen molar-refractivity contribution in [1.29, 1.82) is 0 Å². The van der Waals surface area contributed by atoms with Crippen molar-refractivity contribution in [2.24, 2.45) is 10.9 Å². The molecule has 0 bridgehead atoms. The molecule has 29 heavy (non-hydrogen) atoms. The molecule has 0 aromatic heterocycles. The number of guanidine groups is 1. The third-order valence-corrected chi connectivity index (χ3v) is 4.76. The summed E-state index contributed by atoms with van der Waals surface area (Å²) in [5.74, 6) is 1.11. The van der Waals surface area contributed by atoms with Crippen molar-refractivity contribution in [2.45, 2.75) is 25.8 Å². The first-order valence-electron chi connectivity index (χ1n) is 10.2. The molecule has 0 amide bonds. The van der Waals surface area contributed by atoms with Crippen LogP contribution in [-0.2, 0) is 9.47 Å². The summed E-state index contributed by atoms with van der Waals surface area (Å²) in [5, 5.41) is 6.61. The second-order valence-electron chi connectivity index (χ2n) is 7.34. The van der Waals surface area contributed by atoms with E-state index in [1.165, 1.54) is 6.07 Å². The van der Waals surface area contributed by atoms with Crippen molar-refractivity contribution >= 4 is 29.9 Å². The maximum Gasteiger partial charge on any atom is 0.191 e. The highest BCUT2D eigenvalue weighted by Gasteiger charge is 2.16. The van der Waals surface area contributed by atoms with Gasteiger partial charge >= 0.3 is 0 Å². The van der Waals surface area contributed by atoms with Crippen molar-refractivity contribution in [3.8, 4) is 0 Å². The molecular weight excluding hydrogens is 486 g/mol. The highest BCUT2D eigenvalue weighted by molar-refractivity contribution is 14.0. The van der Waals surface area contributed by atoms with Gasteiger partial charge in [-0.2, -0.15) is 0 Å². The largest absolute Gasteiger partial charge is 0.381 e. The predicted molar refractivity (Wildman–Crippen MR) is 127 cm³/mol. The van der Waals surface area contributed by atoms with E-state index in [0.717, 1.165) is 63.9 Å². The van der Waals surface area contributed by atoms with Gasteiger partial charge in [-0.15, -0.1) is 24.0 Å². The molecule has 2 atom stereocenters. The van der Waals surface area contributed by atoms with Crippen LogP contribution in [0, 0.1) is 11.7 Å². The zero-order chi connectivity index (χ0) is 20.2. The maximum atomic E-state index is 13.6. The Balaban J connectivity index is 0.00000420. The van der Waals surface area contributed by atoms with Gasteiger partial charge in [0.15, 0.2) is 5.96 Å². The number of nitrogens with zero attached hydrogens (tertiary/aromatic N) is 2. The number of hydrogen-bond acceptors (Lipinski definition) is 4. The lowest BCUT2D eigenvalue weighted by Crippen LogP contribution is -2.38. The van der Waals surface area contributed by atoms with E-state index in [2.05, 4.69) is 15.5 Å². The highest BCUT2D eigenvalue weighted by atomic mass is 127. The van der Waals surface area contributed by atoms with Gasteiger partial charge < -0.3 is 25.0 Å². The Morgan fingerprint density at radius 2 is 2.21 bits per heavy atom. The molecule has 8 heteroatoms. The zero-order valence-electron chi connectivity index (χ0n) is 17.8. The van der Waals surface area contributed by atoms with Crippen molar-refractivity contribution in [2.75, 3.05) is 60.2 Å². The Labute approximate surface area is 191 Å². The molecule has 0 spiro atoms. The molecule has 1 saturated heterocycles. The van der Waals surface area contributed by atoms with Crippen LogP contribution in [0.2, 0.25) is 0 Å². The van der Waals surface area contributed by atoms with Crippen LogP contribution in [0.3, 0.4) is 0 Å². The van der Waals surface area contributed by atoms with Crippen molar-refractivity contribution < 1.29 is 13.9 Å². The van der Waals surface area contributed by atoms with Gasteiger partial charge in [0.05, 0.1) is 25.8 Å². The predicted octanol–water partition coefficient (Wildman–Crippen LogP) is 3.04. The van der Waals surface area contributed by atoms with E-state index in [-0.39, 0.29) is 35.8 Å². The number of likely N-dealkylation sites (N-methyl/N-ethyl adjacent to an activating group) is 1. The van der Waals surface area contributed by atoms with Crippen molar-refractivity contribution in [1.82, 2.24) is 15.5 Å². The summed E-state index contributed by atoms with van der Waals surface area (Å²) in [6.45, 7) is 7.37. The fourth-order valence-electron chi connectivity index (χ4n) is 3.15. The molecule has 2 N–H and O–H groups in total. The van der Waals surface area contributed by atoms with Gasteiger partial charge in [-0.25, -0.2) is 4.39 Å². The minimum Gasteiger partial charge on any atom is -0.381 e. The fraction of sp³-hybridized carbons (Fsp3) is 0.667. The Morgan fingerprint density at radius 1 is 1.38 bits per heavy atom. The molecule has 0 saturated carbocycles. The first-order chi connectivity index (χ1) is 13.6. The number of benzene rings is 1. The van der Waals surface area contributed by atoms with Gasteiger partial charge in [0.1, 0.15) is 5.82 Å². The number of halogens is 2. The number of hydrogen-bond donors (Lipinski definition) is 2. The van der Waals surface area contributed by atoms with Crippen LogP contribution < -0.4 is 10.6 Å². The van der Waals surface area contributed by atoms with E-state index >= 15 is 0 Å². The lowest BCUT2D eigenvalue weighted by Gasteiger charge is -2.23. The summed E-state index contributed by atoms with van der Waals surface area (Å²) in [5.41, 5.74) is 0.925. The second kappa shape index (κ2) is 14.9. The topological polar surface area (TPSA) is 58.1 Å². The number of ether oxygens (including phenoxy) is 2. The zero-order valence-corrected chi connectivity index (χ0v) is 20.2. The molecule has 1 aliphatic rings. The molecule has 166 valence electrons. The third kappa shape index (κ3) is 10.1. The molecule has 1 aromatic carbocycles. The van der Waals surface area contributed by atoms with Gasteiger partial charge in [-0.1, -0.05) is 12.1 Å². The summed E-state index contributed by atoms with van der Waals surface area (Å²) >= 11 is 0. The van der Waals surface area contributed by atoms with E-state index in [4.69, 9.17) is 14.5 Å². The molecule has 0 aliphatic carbocycles. The van der Waals surface area contributed by atoms with Gasteiger partial charge in [-0.3, -0.25) is 4.99 Å². The molecule has 6 nitrogen and oxygen atoms in total. The monoisotopic (exact) mass is 522 g/mol. The summed E-state index contributed by atoms with van der Waals surface area (Å²) in [6, 6.07) is 6.74. The normalized spacial score (nSPS) is 17.8. The average molecular weight is 522 g/mol. The van der Waals surface area contributed by atoms with E-state index < -0.39 is 0 Å². The number of nitrogens with one attached hydrogen (secondary N) is 2. The van der Waals surface area contributed by atoms with Crippen LogP contribution in [0.4, 0.5) is 4.39 Å². The molecule has 2 unspecified atom stereocenters. The number of rotatable bonds is 11. The van der Waals surface area contributed by atoms with Gasteiger partial charge in [0.25, 0.3) is 0 Å². The summed E-state index contributed by atoms with van der Waals surface area (Å²) in [7, 11) is 3.97. The summed E-state index contributed by atoms with van der Waals surface area (Å²) < 4.78 is 24.7. The molecule has 1 aliphatic heterocycles. The first-order valence-corrected chi connectivity index (χ1v) is 10.2. The maximum absolute atomic E-state index is 13.6. The highest BCUT2D eigenvalue weighted by Crippen LogP contribution is 2.19. The molecule has 1 heterocycles. The van der Waals surface area contributed by atoms with Crippen LogP contribution in [0.5, 0.6) is 0 Å². The second-order valence-corrected chi connectivity index (χ2v) is 7.34. The molecule has 1 aromatic rings. The van der Waals surface area contributed by atoms with Crippen LogP contribution in [0.15, 0.2) is 29.3 Å². The van der Waals surface area contributed by atoms with E-state index in [0.29, 0.717) is 12.5 Å². The fourth-order valence-corrected chi connectivity index (χ4v) is 3.15. The molecule has 0 radical (unpaired) electrons.